The molecule has 174 valence electrons. The zero-order valence-corrected chi connectivity index (χ0v) is 17.8. The Bertz CT molecular complexity index is 1040. The highest BCUT2D eigenvalue weighted by Crippen LogP contribution is 2.24. The largest absolute Gasteiger partial charge is 0.573 e. The van der Waals surface area contributed by atoms with Crippen LogP contribution in [0, 0.1) is 5.82 Å². The monoisotopic (exact) mass is 474 g/mol. The Morgan fingerprint density at radius 3 is 2.53 bits per heavy atom. The lowest BCUT2D eigenvalue weighted by Crippen LogP contribution is -2.38. The molecule has 6 nitrogen and oxygen atoms in total. The fraction of sp³-hybridized carbons (Fsp3) is 0.381. The number of carbonyl (C=O) groups excluding carboxylic acids is 1. The first-order valence-electron chi connectivity index (χ1n) is 9.93. The Hall–Kier alpha value is -2.66. The molecule has 0 saturated carbocycles. The molecule has 32 heavy (non-hydrogen) atoms. The molecule has 2 aromatic rings. The summed E-state index contributed by atoms with van der Waals surface area (Å²) < 4.78 is 80.7. The Morgan fingerprint density at radius 2 is 1.88 bits per heavy atom. The fourth-order valence-electron chi connectivity index (χ4n) is 3.65. The van der Waals surface area contributed by atoms with Gasteiger partial charge in [-0.25, -0.2) is 17.5 Å². The number of nitrogens with zero attached hydrogens (tertiary/aromatic N) is 1. The van der Waals surface area contributed by atoms with Crippen molar-refractivity contribution >= 4 is 15.9 Å². The number of ether oxygens (including phenoxy) is 1. The second-order valence-electron chi connectivity index (χ2n) is 7.38. The minimum atomic E-state index is -4.87. The van der Waals surface area contributed by atoms with Gasteiger partial charge in [-0.2, -0.15) is 0 Å². The molecule has 2 aromatic carbocycles. The van der Waals surface area contributed by atoms with E-state index in [1.165, 1.54) is 12.1 Å². The van der Waals surface area contributed by atoms with Crippen molar-refractivity contribution in [2.45, 2.75) is 43.0 Å². The molecule has 1 aliphatic rings. The van der Waals surface area contributed by atoms with Gasteiger partial charge in [0.15, 0.2) is 0 Å². The summed E-state index contributed by atoms with van der Waals surface area (Å²) in [5, 5.41) is 0. The number of halogens is 4. The maximum absolute atomic E-state index is 13.4. The molecule has 0 aromatic heterocycles. The van der Waals surface area contributed by atoms with E-state index < -0.39 is 22.1 Å². The average Bonchev–Trinajstić information content (AvgIpc) is 3.15. The fourth-order valence-corrected chi connectivity index (χ4v) is 4.68. The first kappa shape index (κ1) is 24.0. The summed E-state index contributed by atoms with van der Waals surface area (Å²) in [7, 11) is -4.01. The Labute approximate surface area is 183 Å². The molecule has 1 aliphatic heterocycles. The van der Waals surface area contributed by atoms with E-state index in [0.29, 0.717) is 13.0 Å². The van der Waals surface area contributed by atoms with Crippen LogP contribution in [0.3, 0.4) is 0 Å². The molecule has 0 radical (unpaired) electrons. The van der Waals surface area contributed by atoms with Crippen LogP contribution in [0.25, 0.3) is 0 Å². The number of sulfonamides is 1. The maximum Gasteiger partial charge on any atom is 0.573 e. The third kappa shape index (κ3) is 6.67. The van der Waals surface area contributed by atoms with Crippen molar-refractivity contribution in [3.8, 4) is 5.75 Å². The number of rotatable bonds is 8. The van der Waals surface area contributed by atoms with Gasteiger partial charge in [-0.1, -0.05) is 12.1 Å². The van der Waals surface area contributed by atoms with E-state index in [-0.39, 0.29) is 35.6 Å². The number of benzene rings is 2. The summed E-state index contributed by atoms with van der Waals surface area (Å²) in [6.45, 7) is 0.386. The highest BCUT2D eigenvalue weighted by Gasteiger charge is 2.31. The number of alkyl halides is 3. The van der Waals surface area contributed by atoms with Crippen molar-refractivity contribution < 1.29 is 35.5 Å². The first-order valence-corrected chi connectivity index (χ1v) is 11.4. The van der Waals surface area contributed by atoms with Crippen molar-refractivity contribution in [3.05, 3.63) is 59.9 Å². The first-order chi connectivity index (χ1) is 15.0. The number of carbonyl (C=O) groups is 1. The molecule has 1 atom stereocenters. The van der Waals surface area contributed by atoms with Crippen LogP contribution in [0.5, 0.6) is 5.75 Å². The minimum absolute atomic E-state index is 0.0752. The van der Waals surface area contributed by atoms with Crippen molar-refractivity contribution in [2.75, 3.05) is 13.1 Å². The molecule has 1 saturated heterocycles. The van der Waals surface area contributed by atoms with Gasteiger partial charge in [-0.3, -0.25) is 4.79 Å². The minimum Gasteiger partial charge on any atom is -0.406 e. The topological polar surface area (TPSA) is 75.7 Å². The van der Waals surface area contributed by atoms with Crippen LogP contribution < -0.4 is 9.46 Å². The van der Waals surface area contributed by atoms with Gasteiger partial charge in [0.1, 0.15) is 11.6 Å². The van der Waals surface area contributed by atoms with Gasteiger partial charge in [0, 0.05) is 25.6 Å². The summed E-state index contributed by atoms with van der Waals surface area (Å²) in [6.07, 6.45) is -2.85. The van der Waals surface area contributed by atoms with Crippen LogP contribution in [-0.2, 0) is 21.2 Å². The van der Waals surface area contributed by atoms with Gasteiger partial charge in [-0.05, 0) is 61.2 Å². The van der Waals surface area contributed by atoms with E-state index in [9.17, 15) is 30.8 Å². The van der Waals surface area contributed by atoms with E-state index in [0.717, 1.165) is 42.7 Å². The summed E-state index contributed by atoms with van der Waals surface area (Å²) in [6, 6.07) is 9.88. The van der Waals surface area contributed by atoms with Gasteiger partial charge >= 0.3 is 6.36 Å². The normalized spacial score (nSPS) is 16.9. The lowest BCUT2D eigenvalue weighted by molar-refractivity contribution is -0.274. The van der Waals surface area contributed by atoms with Crippen LogP contribution in [0.1, 0.15) is 24.8 Å². The number of hydrogen-bond acceptors (Lipinski definition) is 4. The van der Waals surface area contributed by atoms with E-state index in [1.54, 1.807) is 17.0 Å². The van der Waals surface area contributed by atoms with Crippen LogP contribution in [0.15, 0.2) is 53.4 Å². The smallest absolute Gasteiger partial charge is 0.406 e. The number of amides is 1. The highest BCUT2D eigenvalue weighted by atomic mass is 32.2. The number of hydrogen-bond donors (Lipinski definition) is 1. The molecule has 1 N–H and O–H groups in total. The van der Waals surface area contributed by atoms with Crippen molar-refractivity contribution in [3.63, 3.8) is 0 Å². The van der Waals surface area contributed by atoms with Crippen LogP contribution in [0.2, 0.25) is 0 Å². The van der Waals surface area contributed by atoms with Crippen molar-refractivity contribution in [1.82, 2.24) is 9.62 Å². The SMILES string of the molecule is O=C(CCNS(=O)(=O)c1ccc(OC(F)(F)F)cc1)N1CCCC1Cc1cccc(F)c1. The number of likely N-dealkylation sites (tertiary alicyclic amines) is 1. The van der Waals surface area contributed by atoms with Crippen LogP contribution in [0.4, 0.5) is 17.6 Å². The van der Waals surface area contributed by atoms with Crippen molar-refractivity contribution in [1.29, 1.82) is 0 Å². The zero-order valence-electron chi connectivity index (χ0n) is 16.9. The van der Waals surface area contributed by atoms with E-state index >= 15 is 0 Å². The quantitative estimate of drug-likeness (QED) is 0.593. The second kappa shape index (κ2) is 9.86. The van der Waals surface area contributed by atoms with Gasteiger partial charge in [-0.15, -0.1) is 13.2 Å². The summed E-state index contributed by atoms with van der Waals surface area (Å²) in [4.78, 5) is 14.0. The predicted molar refractivity (Wildman–Crippen MR) is 108 cm³/mol. The summed E-state index contributed by atoms with van der Waals surface area (Å²) in [5.41, 5.74) is 0.786. The maximum atomic E-state index is 13.4. The molecule has 0 aliphatic carbocycles. The van der Waals surface area contributed by atoms with Crippen molar-refractivity contribution in [2.24, 2.45) is 0 Å². The molecule has 11 heteroatoms. The lowest BCUT2D eigenvalue weighted by Gasteiger charge is -2.25. The molecular weight excluding hydrogens is 452 g/mol. The van der Waals surface area contributed by atoms with E-state index in [1.807, 2.05) is 0 Å². The average molecular weight is 474 g/mol. The standard InChI is InChI=1S/C21H22F4N2O4S/c22-16-4-1-3-15(13-16)14-17-5-2-12-27(17)20(28)10-11-26-32(29,30)19-8-6-18(7-9-19)31-21(23,24)25/h1,3-4,6-9,13,17,26H,2,5,10-12,14H2. The Morgan fingerprint density at radius 1 is 1.16 bits per heavy atom. The molecule has 1 fully saturated rings. The molecule has 1 amide bonds. The summed E-state index contributed by atoms with van der Waals surface area (Å²) >= 11 is 0. The molecule has 3 rings (SSSR count). The van der Waals surface area contributed by atoms with Crippen LogP contribution >= 0.6 is 0 Å². The predicted octanol–water partition coefficient (Wildman–Crippen LogP) is 3.63. The highest BCUT2D eigenvalue weighted by molar-refractivity contribution is 7.89. The molecule has 1 heterocycles. The third-order valence-electron chi connectivity index (χ3n) is 5.06. The molecule has 0 bridgehead atoms. The third-order valence-corrected chi connectivity index (χ3v) is 6.53. The van der Waals surface area contributed by atoms with E-state index in [2.05, 4.69) is 9.46 Å². The zero-order chi connectivity index (χ0) is 23.4. The molecule has 0 spiro atoms. The second-order valence-corrected chi connectivity index (χ2v) is 9.15. The van der Waals surface area contributed by atoms with Gasteiger partial charge in [0.2, 0.25) is 15.9 Å². The van der Waals surface area contributed by atoms with E-state index in [4.69, 9.17) is 0 Å². The van der Waals surface area contributed by atoms with Gasteiger partial charge < -0.3 is 9.64 Å². The molecular formula is C21H22F4N2O4S. The van der Waals surface area contributed by atoms with Gasteiger partial charge in [0.05, 0.1) is 4.90 Å². The summed E-state index contributed by atoms with van der Waals surface area (Å²) in [5.74, 6) is -1.10. The Balaban J connectivity index is 1.53. The lowest BCUT2D eigenvalue weighted by atomic mass is 10.0. The Kier molecular flexibility index (Phi) is 7.40. The van der Waals surface area contributed by atoms with Gasteiger partial charge in [0.25, 0.3) is 0 Å². The van der Waals surface area contributed by atoms with Crippen LogP contribution in [-0.4, -0.2) is 44.7 Å². The number of nitrogens with one attached hydrogen (secondary N) is 1. The molecule has 1 unspecified atom stereocenters.